The van der Waals surface area contributed by atoms with E-state index in [1.165, 1.54) is 5.57 Å². The summed E-state index contributed by atoms with van der Waals surface area (Å²) in [5, 5.41) is 0.218. The van der Waals surface area contributed by atoms with Gasteiger partial charge in [0.2, 0.25) is 0 Å². The standard InChI is InChI=1S/C24H30O4S/c1-16-9-10-19-20(28-21(29)27-18-7-5-4-6-8-18)11-17-12-23(13-24(16,17)19)25-14-22(2,3)15-26-23/h4-8,17,19-20H,1,9-15H2,2-3H3/t17-,19+,20+,24-/m0/s1. The Morgan fingerprint density at radius 1 is 1.17 bits per heavy atom. The maximum absolute atomic E-state index is 6.37. The van der Waals surface area contributed by atoms with Gasteiger partial charge in [0.15, 0.2) is 5.79 Å². The van der Waals surface area contributed by atoms with Gasteiger partial charge in [0, 0.05) is 41.8 Å². The molecule has 4 aliphatic rings. The summed E-state index contributed by atoms with van der Waals surface area (Å²) < 4.78 is 24.7. The van der Waals surface area contributed by atoms with E-state index in [1.807, 2.05) is 30.3 Å². The smallest absolute Gasteiger partial charge is 0.358 e. The molecule has 1 aromatic carbocycles. The van der Waals surface area contributed by atoms with Crippen LogP contribution in [-0.2, 0) is 14.2 Å². The van der Waals surface area contributed by atoms with Crippen LogP contribution in [-0.4, -0.2) is 30.3 Å². The Morgan fingerprint density at radius 2 is 1.90 bits per heavy atom. The number of hydrogen-bond donors (Lipinski definition) is 0. The first-order valence-electron chi connectivity index (χ1n) is 10.7. The van der Waals surface area contributed by atoms with Crippen molar-refractivity contribution in [2.45, 2.75) is 57.8 Å². The molecular formula is C24H30O4S. The van der Waals surface area contributed by atoms with Crippen molar-refractivity contribution in [1.82, 2.24) is 0 Å². The Morgan fingerprint density at radius 3 is 2.62 bits per heavy atom. The van der Waals surface area contributed by atoms with Crippen molar-refractivity contribution in [3.63, 3.8) is 0 Å². The van der Waals surface area contributed by atoms with Gasteiger partial charge in [0.1, 0.15) is 11.9 Å². The molecule has 0 bridgehead atoms. The van der Waals surface area contributed by atoms with Crippen LogP contribution in [0.25, 0.3) is 0 Å². The minimum atomic E-state index is -0.447. The Labute approximate surface area is 178 Å². The van der Waals surface area contributed by atoms with Gasteiger partial charge < -0.3 is 18.9 Å². The summed E-state index contributed by atoms with van der Waals surface area (Å²) in [6, 6.07) is 9.59. The predicted octanol–water partition coefficient (Wildman–Crippen LogP) is 5.27. The fraction of sp³-hybridized carbons (Fsp3) is 0.625. The monoisotopic (exact) mass is 414 g/mol. The largest absolute Gasteiger partial charge is 0.453 e. The second-order valence-corrected chi connectivity index (χ2v) is 10.4. The van der Waals surface area contributed by atoms with Gasteiger partial charge in [-0.25, -0.2) is 0 Å². The van der Waals surface area contributed by atoms with Crippen LogP contribution in [0.5, 0.6) is 5.75 Å². The Kier molecular flexibility index (Phi) is 4.57. The lowest BCUT2D eigenvalue weighted by Gasteiger charge is -2.43. The lowest BCUT2D eigenvalue weighted by Crippen LogP contribution is -2.47. The van der Waals surface area contributed by atoms with Crippen LogP contribution < -0.4 is 4.74 Å². The molecule has 4 fully saturated rings. The van der Waals surface area contributed by atoms with E-state index in [0.29, 0.717) is 17.6 Å². The van der Waals surface area contributed by atoms with Gasteiger partial charge in [-0.05, 0) is 37.3 Å². The summed E-state index contributed by atoms with van der Waals surface area (Å²) in [6.45, 7) is 10.4. The van der Waals surface area contributed by atoms with Gasteiger partial charge in [-0.2, -0.15) is 0 Å². The van der Waals surface area contributed by atoms with E-state index in [2.05, 4.69) is 20.4 Å². The topological polar surface area (TPSA) is 36.9 Å². The van der Waals surface area contributed by atoms with E-state index in [-0.39, 0.29) is 22.2 Å². The van der Waals surface area contributed by atoms with Gasteiger partial charge in [-0.3, -0.25) is 0 Å². The van der Waals surface area contributed by atoms with Crippen LogP contribution in [0.4, 0.5) is 0 Å². The molecule has 0 N–H and O–H groups in total. The number of para-hydroxylation sites is 1. The van der Waals surface area contributed by atoms with Crippen LogP contribution in [0.15, 0.2) is 42.5 Å². The third-order valence-electron chi connectivity index (χ3n) is 7.53. The maximum atomic E-state index is 6.37. The van der Waals surface area contributed by atoms with E-state index in [0.717, 1.165) is 45.3 Å². The molecular weight excluding hydrogens is 384 g/mol. The van der Waals surface area contributed by atoms with Crippen molar-refractivity contribution in [3.05, 3.63) is 42.5 Å². The van der Waals surface area contributed by atoms with E-state index >= 15 is 0 Å². The molecule has 1 aromatic rings. The SMILES string of the molecule is C=C1CC[C@@H]2[C@H](OC(=S)Oc3ccccc3)C[C@H]3CC4(C[C@]132)OCC(C)(C)CO4. The highest BCUT2D eigenvalue weighted by Gasteiger charge is 2.68. The fourth-order valence-electron chi connectivity index (χ4n) is 6.23. The zero-order chi connectivity index (χ0) is 20.3. The molecule has 0 amide bonds. The average molecular weight is 415 g/mol. The second kappa shape index (κ2) is 6.79. The minimum Gasteiger partial charge on any atom is -0.453 e. The summed E-state index contributed by atoms with van der Waals surface area (Å²) in [6.07, 6.45) is 5.00. The Balaban J connectivity index is 1.31. The van der Waals surface area contributed by atoms with Crippen LogP contribution in [0.3, 0.4) is 0 Å². The highest BCUT2D eigenvalue weighted by Crippen LogP contribution is 2.70. The molecule has 4 atom stereocenters. The molecule has 1 aliphatic heterocycles. The zero-order valence-corrected chi connectivity index (χ0v) is 18.1. The molecule has 156 valence electrons. The lowest BCUT2D eigenvalue weighted by atomic mass is 9.73. The highest BCUT2D eigenvalue weighted by atomic mass is 32.1. The van der Waals surface area contributed by atoms with Crippen molar-refractivity contribution in [1.29, 1.82) is 0 Å². The molecule has 0 aromatic heterocycles. The molecule has 2 spiro atoms. The quantitative estimate of drug-likeness (QED) is 0.487. The molecule has 1 heterocycles. The van der Waals surface area contributed by atoms with Crippen LogP contribution in [0.2, 0.25) is 0 Å². The number of ether oxygens (including phenoxy) is 4. The molecule has 0 radical (unpaired) electrons. The van der Waals surface area contributed by atoms with Crippen molar-refractivity contribution in [2.24, 2.45) is 22.7 Å². The van der Waals surface area contributed by atoms with Gasteiger partial charge in [-0.15, -0.1) is 0 Å². The third-order valence-corrected chi connectivity index (χ3v) is 7.71. The van der Waals surface area contributed by atoms with E-state index in [1.54, 1.807) is 0 Å². The Hall–Kier alpha value is -1.43. The maximum Gasteiger partial charge on any atom is 0.358 e. The average Bonchev–Trinajstić information content (AvgIpc) is 3.26. The van der Waals surface area contributed by atoms with Gasteiger partial charge in [0.25, 0.3) is 0 Å². The van der Waals surface area contributed by atoms with Gasteiger partial charge in [0.05, 0.1) is 13.2 Å². The van der Waals surface area contributed by atoms with Crippen molar-refractivity contribution < 1.29 is 18.9 Å². The molecule has 29 heavy (non-hydrogen) atoms. The Bertz CT molecular complexity index is 809. The van der Waals surface area contributed by atoms with E-state index < -0.39 is 5.79 Å². The van der Waals surface area contributed by atoms with Crippen molar-refractivity contribution in [3.8, 4) is 5.75 Å². The summed E-state index contributed by atoms with van der Waals surface area (Å²) >= 11 is 5.42. The lowest BCUT2D eigenvalue weighted by molar-refractivity contribution is -0.299. The van der Waals surface area contributed by atoms with Gasteiger partial charge >= 0.3 is 5.24 Å². The second-order valence-electron chi connectivity index (χ2n) is 10.1. The normalized spacial score (nSPS) is 36.6. The summed E-state index contributed by atoms with van der Waals surface area (Å²) in [5.41, 5.74) is 1.48. The first kappa shape index (κ1) is 19.5. The molecule has 3 aliphatic carbocycles. The molecule has 1 saturated heterocycles. The fourth-order valence-corrected chi connectivity index (χ4v) is 6.44. The number of hydrogen-bond acceptors (Lipinski definition) is 5. The first-order chi connectivity index (χ1) is 13.8. The van der Waals surface area contributed by atoms with E-state index in [4.69, 9.17) is 31.2 Å². The van der Waals surface area contributed by atoms with Crippen molar-refractivity contribution >= 4 is 17.5 Å². The van der Waals surface area contributed by atoms with Gasteiger partial charge in [-0.1, -0.05) is 44.2 Å². The number of allylic oxidation sites excluding steroid dienone is 1. The molecule has 4 nitrogen and oxygen atoms in total. The number of rotatable bonds is 2. The number of thiocarbonyl (C=S) groups is 1. The molecule has 5 heteroatoms. The third kappa shape index (κ3) is 3.22. The summed E-state index contributed by atoms with van der Waals surface area (Å²) in [4.78, 5) is 0. The molecule has 3 saturated carbocycles. The van der Waals surface area contributed by atoms with Crippen LogP contribution in [0, 0.1) is 22.7 Å². The zero-order valence-electron chi connectivity index (χ0n) is 17.3. The summed E-state index contributed by atoms with van der Waals surface area (Å²) in [5.74, 6) is 1.14. The van der Waals surface area contributed by atoms with Crippen LogP contribution >= 0.6 is 12.2 Å². The first-order valence-corrected chi connectivity index (χ1v) is 11.1. The van der Waals surface area contributed by atoms with E-state index in [9.17, 15) is 0 Å². The number of benzene rings is 1. The predicted molar refractivity (Wildman–Crippen MR) is 115 cm³/mol. The van der Waals surface area contributed by atoms with Crippen molar-refractivity contribution in [2.75, 3.05) is 13.2 Å². The highest BCUT2D eigenvalue weighted by molar-refractivity contribution is 7.79. The summed E-state index contributed by atoms with van der Waals surface area (Å²) in [7, 11) is 0. The molecule has 0 unspecified atom stereocenters. The minimum absolute atomic E-state index is 0.0501. The molecule has 5 rings (SSSR count). The van der Waals surface area contributed by atoms with Crippen LogP contribution in [0.1, 0.15) is 46.0 Å².